The van der Waals surface area contributed by atoms with E-state index in [-0.39, 0.29) is 23.8 Å². The summed E-state index contributed by atoms with van der Waals surface area (Å²) >= 11 is 1.61. The highest BCUT2D eigenvalue weighted by molar-refractivity contribution is 7.09. The van der Waals surface area contributed by atoms with E-state index in [1.165, 1.54) is 6.42 Å². The predicted molar refractivity (Wildman–Crippen MR) is 131 cm³/mol. The van der Waals surface area contributed by atoms with Crippen molar-refractivity contribution < 1.29 is 14.3 Å². The van der Waals surface area contributed by atoms with Crippen molar-refractivity contribution in [1.82, 2.24) is 15.2 Å². The molecule has 6 nitrogen and oxygen atoms in total. The van der Waals surface area contributed by atoms with Gasteiger partial charge in [-0.05, 0) is 44.7 Å². The topological polar surface area (TPSA) is 71.5 Å². The smallest absolute Gasteiger partial charge is 0.246 e. The van der Waals surface area contributed by atoms with Gasteiger partial charge >= 0.3 is 0 Å². The van der Waals surface area contributed by atoms with Crippen molar-refractivity contribution in [3.05, 3.63) is 52.0 Å². The molecule has 33 heavy (non-hydrogen) atoms. The summed E-state index contributed by atoms with van der Waals surface area (Å²) in [6.45, 7) is 3.72. The molecular formula is C26H33N3O3S. The van der Waals surface area contributed by atoms with E-state index in [0.29, 0.717) is 19.7 Å². The molecule has 2 aliphatic rings. The molecule has 1 aromatic heterocycles. The number of nitrogens with one attached hydrogen (secondary N) is 1. The molecule has 1 saturated carbocycles. The van der Waals surface area contributed by atoms with E-state index in [0.717, 1.165) is 60.5 Å². The average Bonchev–Trinajstić information content (AvgIpc) is 3.27. The SMILES string of the molecule is Cc1nc(COc2ccccc2/C=C/C(=O)N2CCC(NC(=O)C3CCCCC3)CC2)cs1. The number of thiazole rings is 1. The van der Waals surface area contributed by atoms with Gasteiger partial charge in [-0.1, -0.05) is 37.5 Å². The molecule has 1 aromatic carbocycles. The Morgan fingerprint density at radius 2 is 1.91 bits per heavy atom. The highest BCUT2D eigenvalue weighted by Crippen LogP contribution is 2.25. The molecule has 7 heteroatoms. The summed E-state index contributed by atoms with van der Waals surface area (Å²) in [5.41, 5.74) is 1.78. The molecule has 1 aliphatic heterocycles. The third-order valence-electron chi connectivity index (χ3n) is 6.50. The number of aryl methyl sites for hydroxylation is 1. The summed E-state index contributed by atoms with van der Waals surface area (Å²) in [7, 11) is 0. The number of hydrogen-bond donors (Lipinski definition) is 1. The molecule has 4 rings (SSSR count). The molecule has 176 valence electrons. The van der Waals surface area contributed by atoms with E-state index >= 15 is 0 Å². The summed E-state index contributed by atoms with van der Waals surface area (Å²) < 4.78 is 5.94. The van der Waals surface area contributed by atoms with Crippen LogP contribution >= 0.6 is 11.3 Å². The van der Waals surface area contributed by atoms with Gasteiger partial charge in [0.05, 0.1) is 10.7 Å². The van der Waals surface area contributed by atoms with Crippen LogP contribution in [0.4, 0.5) is 0 Å². The van der Waals surface area contributed by atoms with E-state index in [9.17, 15) is 9.59 Å². The molecule has 1 saturated heterocycles. The first-order valence-corrected chi connectivity index (χ1v) is 12.9. The lowest BCUT2D eigenvalue weighted by Gasteiger charge is -2.33. The van der Waals surface area contributed by atoms with Gasteiger partial charge in [0.1, 0.15) is 12.4 Å². The minimum absolute atomic E-state index is 0.00279. The number of carbonyl (C=O) groups excluding carboxylic acids is 2. The molecule has 0 atom stereocenters. The van der Waals surface area contributed by atoms with Crippen molar-refractivity contribution in [1.29, 1.82) is 0 Å². The lowest BCUT2D eigenvalue weighted by atomic mass is 9.88. The van der Waals surface area contributed by atoms with Crippen LogP contribution in [-0.4, -0.2) is 40.8 Å². The highest BCUT2D eigenvalue weighted by Gasteiger charge is 2.26. The number of rotatable bonds is 7. The molecule has 2 amide bonds. The predicted octanol–water partition coefficient (Wildman–Crippen LogP) is 4.73. The van der Waals surface area contributed by atoms with E-state index in [1.807, 2.05) is 47.5 Å². The molecule has 2 fully saturated rings. The van der Waals surface area contributed by atoms with Gasteiger partial charge in [-0.25, -0.2) is 4.98 Å². The molecule has 1 aliphatic carbocycles. The largest absolute Gasteiger partial charge is 0.487 e. The summed E-state index contributed by atoms with van der Waals surface area (Å²) in [5, 5.41) is 6.24. The normalized spacial score (nSPS) is 17.9. The molecule has 2 heterocycles. The zero-order valence-corrected chi connectivity index (χ0v) is 20.1. The van der Waals surface area contributed by atoms with Gasteiger partial charge < -0.3 is 15.0 Å². The third-order valence-corrected chi connectivity index (χ3v) is 7.32. The zero-order valence-electron chi connectivity index (χ0n) is 19.3. The van der Waals surface area contributed by atoms with Gasteiger partial charge in [-0.2, -0.15) is 0 Å². The van der Waals surface area contributed by atoms with Crippen LogP contribution in [0.3, 0.4) is 0 Å². The maximum atomic E-state index is 12.7. The molecule has 1 N–H and O–H groups in total. The van der Waals surface area contributed by atoms with Crippen LogP contribution in [0.15, 0.2) is 35.7 Å². The minimum Gasteiger partial charge on any atom is -0.487 e. The fourth-order valence-electron chi connectivity index (χ4n) is 4.57. The molecule has 2 aromatic rings. The number of carbonyl (C=O) groups is 2. The number of para-hydroxylation sites is 1. The van der Waals surface area contributed by atoms with Crippen molar-refractivity contribution in [2.45, 2.75) is 64.5 Å². The summed E-state index contributed by atoms with van der Waals surface area (Å²) in [4.78, 5) is 31.5. The average molecular weight is 468 g/mol. The van der Waals surface area contributed by atoms with Gasteiger partial charge in [-0.3, -0.25) is 9.59 Å². The van der Waals surface area contributed by atoms with Crippen LogP contribution in [0.25, 0.3) is 6.08 Å². The lowest BCUT2D eigenvalue weighted by Crippen LogP contribution is -2.47. The Hall–Kier alpha value is -2.67. The lowest BCUT2D eigenvalue weighted by molar-refractivity contribution is -0.128. The van der Waals surface area contributed by atoms with Crippen LogP contribution in [0.2, 0.25) is 0 Å². The van der Waals surface area contributed by atoms with Crippen molar-refractivity contribution in [3.8, 4) is 5.75 Å². The first kappa shape index (κ1) is 23.5. The highest BCUT2D eigenvalue weighted by atomic mass is 32.1. The fraction of sp³-hybridized carbons (Fsp3) is 0.500. The second kappa shape index (κ2) is 11.5. The number of amides is 2. The number of hydrogen-bond acceptors (Lipinski definition) is 5. The fourth-order valence-corrected chi connectivity index (χ4v) is 5.17. The van der Waals surface area contributed by atoms with Crippen molar-refractivity contribution in [2.75, 3.05) is 13.1 Å². The second-order valence-corrected chi connectivity index (χ2v) is 10.0. The zero-order chi connectivity index (χ0) is 23.0. The summed E-state index contributed by atoms with van der Waals surface area (Å²) in [5.74, 6) is 1.13. The summed E-state index contributed by atoms with van der Waals surface area (Å²) in [6.07, 6.45) is 10.7. The van der Waals surface area contributed by atoms with Crippen LogP contribution in [0.5, 0.6) is 5.75 Å². The molecule has 0 bridgehead atoms. The third kappa shape index (κ3) is 6.67. The Labute approximate surface area is 200 Å². The first-order valence-electron chi connectivity index (χ1n) is 12.0. The monoisotopic (exact) mass is 467 g/mol. The Kier molecular flexibility index (Phi) is 8.15. The Morgan fingerprint density at radius 3 is 2.64 bits per heavy atom. The van der Waals surface area contributed by atoms with Crippen LogP contribution in [0.1, 0.15) is 61.2 Å². The number of benzene rings is 1. The molecule has 0 spiro atoms. The van der Waals surface area contributed by atoms with Gasteiger partial charge in [0.25, 0.3) is 0 Å². The minimum atomic E-state index is -0.00279. The van der Waals surface area contributed by atoms with Crippen LogP contribution in [0, 0.1) is 12.8 Å². The van der Waals surface area contributed by atoms with E-state index in [2.05, 4.69) is 10.3 Å². The van der Waals surface area contributed by atoms with Gasteiger partial charge in [0.2, 0.25) is 11.8 Å². The Balaban J connectivity index is 1.26. The Morgan fingerprint density at radius 1 is 1.15 bits per heavy atom. The number of likely N-dealkylation sites (tertiary alicyclic amines) is 1. The second-order valence-electron chi connectivity index (χ2n) is 8.96. The van der Waals surface area contributed by atoms with Crippen LogP contribution in [-0.2, 0) is 16.2 Å². The number of nitrogens with zero attached hydrogens (tertiary/aromatic N) is 2. The van der Waals surface area contributed by atoms with E-state index in [4.69, 9.17) is 4.74 Å². The number of ether oxygens (including phenoxy) is 1. The van der Waals surface area contributed by atoms with Gasteiger partial charge in [-0.15, -0.1) is 11.3 Å². The van der Waals surface area contributed by atoms with Crippen molar-refractivity contribution >= 4 is 29.2 Å². The molecule has 0 unspecified atom stereocenters. The number of aromatic nitrogens is 1. The van der Waals surface area contributed by atoms with Gasteiger partial charge in [0, 0.05) is 42.1 Å². The maximum absolute atomic E-state index is 12.7. The standard InChI is InChI=1S/C26H33N3O3S/c1-19-27-23(18-33-19)17-32-24-10-6-5-7-20(24)11-12-25(30)29-15-13-22(14-16-29)28-26(31)21-8-3-2-4-9-21/h5-7,10-12,18,21-22H,2-4,8-9,13-17H2,1H3,(H,28,31)/b12-11+. The van der Waals surface area contributed by atoms with Crippen molar-refractivity contribution in [3.63, 3.8) is 0 Å². The maximum Gasteiger partial charge on any atom is 0.246 e. The molecule has 0 radical (unpaired) electrons. The van der Waals surface area contributed by atoms with Crippen LogP contribution < -0.4 is 10.1 Å². The van der Waals surface area contributed by atoms with E-state index in [1.54, 1.807) is 17.4 Å². The Bertz CT molecular complexity index is 973. The first-order chi connectivity index (χ1) is 16.1. The quantitative estimate of drug-likeness (QED) is 0.598. The summed E-state index contributed by atoms with van der Waals surface area (Å²) in [6, 6.07) is 7.89. The number of piperidine rings is 1. The van der Waals surface area contributed by atoms with E-state index < -0.39 is 0 Å². The van der Waals surface area contributed by atoms with Crippen molar-refractivity contribution in [2.24, 2.45) is 5.92 Å². The molecular weight excluding hydrogens is 434 g/mol. The van der Waals surface area contributed by atoms with Gasteiger partial charge in [0.15, 0.2) is 0 Å².